The Kier molecular flexibility index (Phi) is 11.5. The minimum absolute atomic E-state index is 0.0542. The maximum atomic E-state index is 10.8. The summed E-state index contributed by atoms with van der Waals surface area (Å²) >= 11 is 15.7. The van der Waals surface area contributed by atoms with E-state index in [-0.39, 0.29) is 12.1 Å². The Labute approximate surface area is 319 Å². The molecule has 0 bridgehead atoms. The van der Waals surface area contributed by atoms with E-state index in [1.54, 1.807) is 6.07 Å². The number of hydrogen-bond donors (Lipinski definition) is 4. The van der Waals surface area contributed by atoms with Gasteiger partial charge in [0.2, 0.25) is 0 Å². The zero-order chi connectivity index (χ0) is 35.3. The molecular weight excluding hydrogens is 739 g/mol. The number of halogens is 3. The lowest BCUT2D eigenvalue weighted by atomic mass is 9.89. The SMILES string of the molecule is Oc1ccc2ccc(Br)cc2c1C(NCC1CC1)c1ccc(Cl)cc1.Oc1ccc2ccccc2c1C(NC1CCCCC1)c1ccc(Cl)cc1. The molecule has 0 radical (unpaired) electrons. The molecule has 2 saturated carbocycles. The predicted molar refractivity (Wildman–Crippen MR) is 216 cm³/mol. The second-order valence-corrected chi connectivity index (χ2v) is 15.7. The molecule has 2 aliphatic carbocycles. The quantitative estimate of drug-likeness (QED) is 0.118. The average molecular weight is 783 g/mol. The van der Waals surface area contributed by atoms with Crippen LogP contribution < -0.4 is 10.6 Å². The van der Waals surface area contributed by atoms with Gasteiger partial charge in [-0.15, -0.1) is 0 Å². The molecular formula is C44H43BrCl2N2O2. The highest BCUT2D eigenvalue weighted by Gasteiger charge is 2.27. The van der Waals surface area contributed by atoms with Crippen molar-refractivity contribution in [2.45, 2.75) is 63.1 Å². The lowest BCUT2D eigenvalue weighted by Gasteiger charge is -2.30. The van der Waals surface area contributed by atoms with E-state index in [4.69, 9.17) is 23.2 Å². The molecule has 4 N–H and O–H groups in total. The number of aromatic hydroxyl groups is 2. The number of fused-ring (bicyclic) bond motifs is 2. The summed E-state index contributed by atoms with van der Waals surface area (Å²) in [5, 5.41) is 34.8. The van der Waals surface area contributed by atoms with Gasteiger partial charge in [0.1, 0.15) is 11.5 Å². The summed E-state index contributed by atoms with van der Waals surface area (Å²) in [5.74, 6) is 1.40. The van der Waals surface area contributed by atoms with Crippen molar-refractivity contribution >= 4 is 60.7 Å². The van der Waals surface area contributed by atoms with E-state index >= 15 is 0 Å². The van der Waals surface area contributed by atoms with E-state index in [0.717, 1.165) is 70.8 Å². The highest BCUT2D eigenvalue weighted by molar-refractivity contribution is 9.10. The zero-order valence-corrected chi connectivity index (χ0v) is 31.6. The van der Waals surface area contributed by atoms with Crippen LogP contribution in [0.2, 0.25) is 10.0 Å². The summed E-state index contributed by atoms with van der Waals surface area (Å²) < 4.78 is 1.00. The fourth-order valence-electron chi connectivity index (χ4n) is 7.35. The third-order valence-electron chi connectivity index (χ3n) is 10.2. The molecule has 0 amide bonds. The Bertz CT molecular complexity index is 2090. The summed E-state index contributed by atoms with van der Waals surface area (Å²) in [4.78, 5) is 0. The van der Waals surface area contributed by atoms with Crippen LogP contribution in [0, 0.1) is 5.92 Å². The summed E-state index contributed by atoms with van der Waals surface area (Å²) in [7, 11) is 0. The molecule has 51 heavy (non-hydrogen) atoms. The maximum Gasteiger partial charge on any atom is 0.121 e. The van der Waals surface area contributed by atoms with Crippen LogP contribution >= 0.6 is 39.1 Å². The molecule has 4 nitrogen and oxygen atoms in total. The van der Waals surface area contributed by atoms with Gasteiger partial charge in [-0.1, -0.05) is 125 Å². The molecule has 0 heterocycles. The van der Waals surface area contributed by atoms with Crippen LogP contribution in [0.5, 0.6) is 11.5 Å². The summed E-state index contributed by atoms with van der Waals surface area (Å²) in [6.07, 6.45) is 8.81. The molecule has 8 rings (SSSR count). The van der Waals surface area contributed by atoms with Gasteiger partial charge in [0.25, 0.3) is 0 Å². The Balaban J connectivity index is 0.000000159. The lowest BCUT2D eigenvalue weighted by molar-refractivity contribution is 0.351. The van der Waals surface area contributed by atoms with Crippen molar-refractivity contribution in [2.24, 2.45) is 5.92 Å². The predicted octanol–water partition coefficient (Wildman–Crippen LogP) is 12.3. The van der Waals surface area contributed by atoms with E-state index in [9.17, 15) is 10.2 Å². The van der Waals surface area contributed by atoms with Gasteiger partial charge in [-0.25, -0.2) is 0 Å². The number of nitrogens with one attached hydrogen (secondary N) is 2. The third kappa shape index (κ3) is 8.73. The van der Waals surface area contributed by atoms with Crippen molar-refractivity contribution < 1.29 is 10.2 Å². The van der Waals surface area contributed by atoms with Gasteiger partial charge >= 0.3 is 0 Å². The highest BCUT2D eigenvalue weighted by atomic mass is 79.9. The smallest absolute Gasteiger partial charge is 0.121 e. The fraction of sp³-hybridized carbons (Fsp3) is 0.273. The van der Waals surface area contributed by atoms with E-state index in [1.807, 2.05) is 72.8 Å². The molecule has 0 saturated heterocycles. The standard InChI is InChI=1S/C23H24ClNO.C21H19BrClNO/c24-18-13-10-17(11-14-18)23(25-19-7-2-1-3-8-19)22-20-9-5-4-6-16(20)12-15-21(22)26;22-16-7-3-14-6-10-19(25)20(18(14)11-16)21(24-12-13-1-2-13)15-4-8-17(23)9-5-15/h4-6,9-15,19,23,25-26H,1-3,7-8H2;3-11,13,21,24-25H,1-2,12H2. The van der Waals surface area contributed by atoms with Gasteiger partial charge in [-0.05, 0) is 119 Å². The van der Waals surface area contributed by atoms with Gasteiger partial charge in [0.15, 0.2) is 0 Å². The normalized spacial score (nSPS) is 16.1. The van der Waals surface area contributed by atoms with Crippen LogP contribution in [-0.4, -0.2) is 22.8 Å². The number of phenols is 2. The van der Waals surface area contributed by atoms with E-state index in [1.165, 1.54) is 44.9 Å². The molecule has 0 aromatic heterocycles. The topological polar surface area (TPSA) is 64.5 Å². The van der Waals surface area contributed by atoms with E-state index < -0.39 is 0 Å². The molecule has 6 aromatic carbocycles. The molecule has 262 valence electrons. The van der Waals surface area contributed by atoms with E-state index in [0.29, 0.717) is 17.5 Å². The average Bonchev–Trinajstić information content (AvgIpc) is 3.98. The molecule has 6 aromatic rings. The van der Waals surface area contributed by atoms with Gasteiger partial charge in [-0.2, -0.15) is 0 Å². The van der Waals surface area contributed by atoms with Crippen molar-refractivity contribution in [3.05, 3.63) is 152 Å². The molecule has 0 aliphatic heterocycles. The highest BCUT2D eigenvalue weighted by Crippen LogP contribution is 2.39. The van der Waals surface area contributed by atoms with Crippen molar-refractivity contribution in [3.63, 3.8) is 0 Å². The second-order valence-electron chi connectivity index (χ2n) is 13.9. The van der Waals surface area contributed by atoms with Crippen molar-refractivity contribution in [1.82, 2.24) is 10.6 Å². The summed E-state index contributed by atoms with van der Waals surface area (Å²) in [6.45, 7) is 0.955. The number of rotatable bonds is 9. The van der Waals surface area contributed by atoms with Crippen LogP contribution in [0.1, 0.15) is 79.3 Å². The Hall–Kier alpha value is -3.58. The van der Waals surface area contributed by atoms with Gasteiger partial charge < -0.3 is 20.8 Å². The van der Waals surface area contributed by atoms with Crippen LogP contribution in [-0.2, 0) is 0 Å². The van der Waals surface area contributed by atoms with Gasteiger partial charge in [-0.3, -0.25) is 0 Å². The first-order valence-electron chi connectivity index (χ1n) is 18.0. The van der Waals surface area contributed by atoms with Crippen LogP contribution in [0.4, 0.5) is 0 Å². The van der Waals surface area contributed by atoms with Crippen molar-refractivity contribution in [2.75, 3.05) is 6.54 Å². The molecule has 2 unspecified atom stereocenters. The number of hydrogen-bond acceptors (Lipinski definition) is 4. The van der Waals surface area contributed by atoms with Gasteiger partial charge in [0.05, 0.1) is 12.1 Å². The second kappa shape index (κ2) is 16.4. The molecule has 2 fully saturated rings. The fourth-order valence-corrected chi connectivity index (χ4v) is 7.96. The number of phenolic OH excluding ortho intramolecular Hbond substituents is 2. The van der Waals surface area contributed by atoms with Crippen LogP contribution in [0.3, 0.4) is 0 Å². The summed E-state index contributed by atoms with van der Waals surface area (Å²) in [6, 6.07) is 38.1. The zero-order valence-electron chi connectivity index (χ0n) is 28.5. The van der Waals surface area contributed by atoms with Gasteiger partial charge in [0, 0.05) is 31.7 Å². The largest absolute Gasteiger partial charge is 0.508 e. The van der Waals surface area contributed by atoms with E-state index in [2.05, 4.69) is 63.0 Å². The maximum absolute atomic E-state index is 10.8. The minimum atomic E-state index is -0.0733. The molecule has 2 atom stereocenters. The first-order chi connectivity index (χ1) is 24.8. The monoisotopic (exact) mass is 780 g/mol. The molecule has 2 aliphatic rings. The number of benzene rings is 6. The Morgan fingerprint density at radius 2 is 1.16 bits per heavy atom. The molecule has 0 spiro atoms. The minimum Gasteiger partial charge on any atom is -0.508 e. The molecule has 7 heteroatoms. The van der Waals surface area contributed by atoms with Crippen molar-refractivity contribution in [3.8, 4) is 11.5 Å². The van der Waals surface area contributed by atoms with Crippen molar-refractivity contribution in [1.29, 1.82) is 0 Å². The first kappa shape index (κ1) is 35.8. The Morgan fingerprint density at radius 3 is 1.78 bits per heavy atom. The first-order valence-corrected chi connectivity index (χ1v) is 19.5. The third-order valence-corrected chi connectivity index (χ3v) is 11.2. The lowest BCUT2D eigenvalue weighted by Crippen LogP contribution is -2.35. The van der Waals surface area contributed by atoms with Crippen LogP contribution in [0.15, 0.2) is 120 Å². The summed E-state index contributed by atoms with van der Waals surface area (Å²) in [5.41, 5.74) is 4.11. The Morgan fingerprint density at radius 1 is 0.608 bits per heavy atom. The van der Waals surface area contributed by atoms with Crippen LogP contribution in [0.25, 0.3) is 21.5 Å².